The predicted octanol–water partition coefficient (Wildman–Crippen LogP) is 3.12. The van der Waals surface area contributed by atoms with Crippen molar-refractivity contribution in [3.63, 3.8) is 0 Å². The number of anilines is 1. The molecule has 1 fully saturated rings. The number of hydrogen-bond donors (Lipinski definition) is 2. The van der Waals surface area contributed by atoms with Crippen molar-refractivity contribution < 1.29 is 4.79 Å². The third kappa shape index (κ3) is 2.62. The van der Waals surface area contributed by atoms with Crippen molar-refractivity contribution in [2.24, 2.45) is 0 Å². The maximum absolute atomic E-state index is 12.4. The highest BCUT2D eigenvalue weighted by atomic mass is 32.2. The highest BCUT2D eigenvalue weighted by molar-refractivity contribution is 8.00. The molecule has 2 aromatic heterocycles. The van der Waals surface area contributed by atoms with E-state index in [-0.39, 0.29) is 10.7 Å². The summed E-state index contributed by atoms with van der Waals surface area (Å²) in [6.07, 6.45) is 4.46. The van der Waals surface area contributed by atoms with E-state index < -0.39 is 0 Å². The number of aryl methyl sites for hydroxylation is 2. The van der Waals surface area contributed by atoms with Crippen molar-refractivity contribution >= 4 is 44.8 Å². The summed E-state index contributed by atoms with van der Waals surface area (Å²) in [5.41, 5.74) is 8.59. The molecule has 0 aromatic carbocycles. The topological polar surface area (TPSA) is 68.0 Å². The molecule has 2 aromatic rings. The van der Waals surface area contributed by atoms with Gasteiger partial charge in [0.15, 0.2) is 0 Å². The van der Waals surface area contributed by atoms with Crippen LogP contribution >= 0.6 is 23.1 Å². The Balaban J connectivity index is 1.88. The van der Waals surface area contributed by atoms with Gasteiger partial charge < -0.3 is 11.1 Å². The van der Waals surface area contributed by atoms with Crippen LogP contribution in [0.5, 0.6) is 0 Å². The van der Waals surface area contributed by atoms with Gasteiger partial charge in [0, 0.05) is 32.8 Å². The second-order valence-corrected chi connectivity index (χ2v) is 7.96. The molecule has 1 saturated carbocycles. The van der Waals surface area contributed by atoms with Gasteiger partial charge in [0.25, 0.3) is 5.91 Å². The van der Waals surface area contributed by atoms with Crippen LogP contribution in [0.1, 0.15) is 33.9 Å². The van der Waals surface area contributed by atoms with Crippen LogP contribution in [0.25, 0.3) is 10.1 Å². The standard InChI is InChI=1S/C15H19N3OS2/c1-8-6-10-11(9(2)18-8)12(16)13(21-10)14(19)17-7-15(20-3)4-5-15/h6H,4-5,7,16H2,1-3H3,(H,17,19). The average molecular weight is 321 g/mol. The molecule has 1 amide bonds. The lowest BCUT2D eigenvalue weighted by atomic mass is 10.2. The van der Waals surface area contributed by atoms with E-state index in [0.717, 1.165) is 28.0 Å². The lowest BCUT2D eigenvalue weighted by Gasteiger charge is -2.12. The van der Waals surface area contributed by atoms with Gasteiger partial charge in [-0.3, -0.25) is 9.78 Å². The zero-order valence-electron chi connectivity index (χ0n) is 12.4. The molecule has 3 rings (SSSR count). The number of rotatable bonds is 4. The second kappa shape index (κ2) is 5.18. The Morgan fingerprint density at radius 2 is 2.24 bits per heavy atom. The van der Waals surface area contributed by atoms with E-state index in [9.17, 15) is 4.79 Å². The van der Waals surface area contributed by atoms with Crippen LogP contribution in [0.15, 0.2) is 6.07 Å². The number of amides is 1. The molecule has 0 atom stereocenters. The van der Waals surface area contributed by atoms with E-state index in [2.05, 4.69) is 16.6 Å². The SMILES string of the molecule is CSC1(CNC(=O)c2sc3cc(C)nc(C)c3c2N)CC1. The fourth-order valence-corrected chi connectivity index (χ4v) is 4.48. The number of nitrogen functional groups attached to an aromatic ring is 1. The largest absolute Gasteiger partial charge is 0.397 e. The molecule has 4 nitrogen and oxygen atoms in total. The number of nitrogens with zero attached hydrogens (tertiary/aromatic N) is 1. The summed E-state index contributed by atoms with van der Waals surface area (Å²) in [5, 5.41) is 3.96. The van der Waals surface area contributed by atoms with Gasteiger partial charge in [0.05, 0.1) is 5.69 Å². The fraction of sp³-hybridized carbons (Fsp3) is 0.467. The smallest absolute Gasteiger partial charge is 0.263 e. The molecule has 1 aliphatic rings. The normalized spacial score (nSPS) is 16.1. The van der Waals surface area contributed by atoms with E-state index in [4.69, 9.17) is 5.73 Å². The van der Waals surface area contributed by atoms with Crippen molar-refractivity contribution in [2.45, 2.75) is 31.4 Å². The highest BCUT2D eigenvalue weighted by Crippen LogP contribution is 2.46. The van der Waals surface area contributed by atoms with E-state index in [0.29, 0.717) is 10.6 Å². The molecule has 3 N–H and O–H groups in total. The maximum atomic E-state index is 12.4. The van der Waals surface area contributed by atoms with Crippen molar-refractivity contribution in [1.29, 1.82) is 0 Å². The minimum absolute atomic E-state index is 0.0638. The molecule has 112 valence electrons. The predicted molar refractivity (Wildman–Crippen MR) is 91.3 cm³/mol. The number of carbonyl (C=O) groups excluding carboxylic acids is 1. The molecule has 21 heavy (non-hydrogen) atoms. The third-order valence-corrected chi connectivity index (χ3v) is 6.61. The molecule has 1 aliphatic carbocycles. The number of nitrogens with one attached hydrogen (secondary N) is 1. The van der Waals surface area contributed by atoms with Crippen LogP contribution in [0, 0.1) is 13.8 Å². The van der Waals surface area contributed by atoms with Gasteiger partial charge in [-0.15, -0.1) is 11.3 Å². The van der Waals surface area contributed by atoms with Crippen LogP contribution < -0.4 is 11.1 Å². The van der Waals surface area contributed by atoms with Crippen molar-refractivity contribution in [3.8, 4) is 0 Å². The Labute approximate surface area is 132 Å². The molecule has 0 radical (unpaired) electrons. The number of thiophene rings is 1. The number of carbonyl (C=O) groups is 1. The number of aromatic nitrogens is 1. The summed E-state index contributed by atoms with van der Waals surface area (Å²) in [7, 11) is 0. The van der Waals surface area contributed by atoms with E-state index in [1.54, 1.807) is 0 Å². The summed E-state index contributed by atoms with van der Waals surface area (Å²) in [6, 6.07) is 1.99. The van der Waals surface area contributed by atoms with E-state index >= 15 is 0 Å². The van der Waals surface area contributed by atoms with Gasteiger partial charge in [-0.05, 0) is 39.0 Å². The van der Waals surface area contributed by atoms with Gasteiger partial charge in [-0.1, -0.05) is 0 Å². The summed E-state index contributed by atoms with van der Waals surface area (Å²) >= 11 is 3.29. The second-order valence-electron chi connectivity index (χ2n) is 5.64. The Kier molecular flexibility index (Phi) is 3.61. The first-order valence-electron chi connectivity index (χ1n) is 6.95. The van der Waals surface area contributed by atoms with Crippen LogP contribution in [-0.4, -0.2) is 28.4 Å². The summed E-state index contributed by atoms with van der Waals surface area (Å²) in [5.74, 6) is -0.0638. The highest BCUT2D eigenvalue weighted by Gasteiger charge is 2.42. The molecule has 0 spiro atoms. The zero-order valence-corrected chi connectivity index (χ0v) is 14.1. The Morgan fingerprint density at radius 3 is 2.86 bits per heavy atom. The number of nitrogens with two attached hydrogens (primary N) is 1. The first kappa shape index (κ1) is 14.7. The van der Waals surface area contributed by atoms with Crippen LogP contribution in [-0.2, 0) is 0 Å². The van der Waals surface area contributed by atoms with Crippen molar-refractivity contribution in [1.82, 2.24) is 10.3 Å². The zero-order chi connectivity index (χ0) is 15.2. The number of pyridine rings is 1. The Morgan fingerprint density at radius 1 is 1.52 bits per heavy atom. The minimum atomic E-state index is -0.0638. The molecular weight excluding hydrogens is 302 g/mol. The van der Waals surface area contributed by atoms with Crippen LogP contribution in [0.3, 0.4) is 0 Å². The summed E-state index contributed by atoms with van der Waals surface area (Å²) in [6.45, 7) is 4.61. The molecule has 2 heterocycles. The molecule has 0 bridgehead atoms. The number of hydrogen-bond acceptors (Lipinski definition) is 5. The minimum Gasteiger partial charge on any atom is -0.397 e. The Bertz CT molecular complexity index is 719. The first-order chi connectivity index (χ1) is 9.96. The molecular formula is C15H19N3OS2. The van der Waals surface area contributed by atoms with Gasteiger partial charge in [-0.2, -0.15) is 11.8 Å². The van der Waals surface area contributed by atoms with Crippen LogP contribution in [0.2, 0.25) is 0 Å². The van der Waals surface area contributed by atoms with Gasteiger partial charge in [0.2, 0.25) is 0 Å². The van der Waals surface area contributed by atoms with Crippen LogP contribution in [0.4, 0.5) is 5.69 Å². The number of thioether (sulfide) groups is 1. The fourth-order valence-electron chi connectivity index (χ4n) is 2.56. The lowest BCUT2D eigenvalue weighted by molar-refractivity contribution is 0.0958. The Hall–Kier alpha value is -1.27. The van der Waals surface area contributed by atoms with Gasteiger partial charge in [-0.25, -0.2) is 0 Å². The molecule has 0 aliphatic heterocycles. The van der Waals surface area contributed by atoms with E-state index in [1.807, 2.05) is 31.7 Å². The third-order valence-electron chi connectivity index (χ3n) is 4.04. The number of fused-ring (bicyclic) bond motifs is 1. The quantitative estimate of drug-likeness (QED) is 0.908. The molecule has 0 unspecified atom stereocenters. The van der Waals surface area contributed by atoms with Gasteiger partial charge in [0.1, 0.15) is 4.88 Å². The van der Waals surface area contributed by atoms with E-state index in [1.165, 1.54) is 24.2 Å². The van der Waals surface area contributed by atoms with Crippen molar-refractivity contribution in [3.05, 3.63) is 22.3 Å². The average Bonchev–Trinajstić information content (AvgIpc) is 3.14. The summed E-state index contributed by atoms with van der Waals surface area (Å²) in [4.78, 5) is 17.5. The summed E-state index contributed by atoms with van der Waals surface area (Å²) < 4.78 is 1.29. The maximum Gasteiger partial charge on any atom is 0.263 e. The van der Waals surface area contributed by atoms with Gasteiger partial charge >= 0.3 is 0 Å². The monoisotopic (exact) mass is 321 g/mol. The lowest BCUT2D eigenvalue weighted by Crippen LogP contribution is -2.31. The molecule has 6 heteroatoms. The molecule has 0 saturated heterocycles. The first-order valence-corrected chi connectivity index (χ1v) is 8.99. The van der Waals surface area contributed by atoms with Crippen molar-refractivity contribution in [2.75, 3.05) is 18.5 Å².